The number of nitrogen functional groups attached to an aromatic ring is 1. The number of hydrogen-bond acceptors (Lipinski definition) is 6. The molecule has 0 bridgehead atoms. The number of aromatic amines is 1. The maximum Gasteiger partial charge on any atom is 0.330 e. The summed E-state index contributed by atoms with van der Waals surface area (Å²) in [7, 11) is 1.50. The molecule has 0 aliphatic carbocycles. The van der Waals surface area contributed by atoms with Gasteiger partial charge in [0.1, 0.15) is 11.5 Å². The van der Waals surface area contributed by atoms with E-state index in [4.69, 9.17) is 10.5 Å². The van der Waals surface area contributed by atoms with E-state index in [-0.39, 0.29) is 24.7 Å². The molecule has 0 spiro atoms. The molecule has 0 atom stereocenters. The molecule has 108 valence electrons. The van der Waals surface area contributed by atoms with E-state index in [2.05, 4.69) is 10.3 Å². The van der Waals surface area contributed by atoms with Crippen molar-refractivity contribution < 1.29 is 9.84 Å². The Kier molecular flexibility index (Phi) is 4.73. The van der Waals surface area contributed by atoms with Crippen LogP contribution < -0.4 is 22.3 Å². The van der Waals surface area contributed by atoms with Crippen LogP contribution in [0.2, 0.25) is 0 Å². The first-order valence-corrected chi connectivity index (χ1v) is 5.83. The summed E-state index contributed by atoms with van der Waals surface area (Å²) in [5, 5.41) is 12.0. The zero-order valence-corrected chi connectivity index (χ0v) is 11.3. The predicted octanol–water partition coefficient (Wildman–Crippen LogP) is -1.05. The molecule has 0 aromatic carbocycles. The second-order valence-electron chi connectivity index (χ2n) is 4.83. The number of methoxy groups -OCH3 is 1. The third-order valence-corrected chi connectivity index (χ3v) is 2.62. The van der Waals surface area contributed by atoms with Crippen molar-refractivity contribution in [2.45, 2.75) is 25.9 Å². The number of aromatic nitrogens is 2. The van der Waals surface area contributed by atoms with Crippen molar-refractivity contribution in [2.24, 2.45) is 0 Å². The van der Waals surface area contributed by atoms with E-state index in [0.29, 0.717) is 6.61 Å². The lowest BCUT2D eigenvalue weighted by Gasteiger charge is -2.25. The van der Waals surface area contributed by atoms with Gasteiger partial charge in [-0.3, -0.25) is 14.3 Å². The molecule has 0 radical (unpaired) electrons. The summed E-state index contributed by atoms with van der Waals surface area (Å²) in [6.45, 7) is 3.74. The molecule has 0 fully saturated rings. The van der Waals surface area contributed by atoms with Gasteiger partial charge < -0.3 is 20.9 Å². The third-order valence-electron chi connectivity index (χ3n) is 2.62. The fourth-order valence-electron chi connectivity index (χ4n) is 1.49. The maximum atomic E-state index is 11.8. The minimum absolute atomic E-state index is 0.0207. The lowest BCUT2D eigenvalue weighted by Crippen LogP contribution is -2.41. The van der Waals surface area contributed by atoms with E-state index in [1.165, 1.54) is 11.7 Å². The van der Waals surface area contributed by atoms with Crippen molar-refractivity contribution in [3.63, 3.8) is 0 Å². The number of nitrogens with one attached hydrogen (secondary N) is 2. The van der Waals surface area contributed by atoms with Crippen LogP contribution in [0.4, 0.5) is 11.5 Å². The van der Waals surface area contributed by atoms with Crippen molar-refractivity contribution in [1.29, 1.82) is 0 Å². The van der Waals surface area contributed by atoms with Crippen LogP contribution in [-0.4, -0.2) is 40.5 Å². The molecule has 0 aliphatic rings. The van der Waals surface area contributed by atoms with Crippen LogP contribution in [0, 0.1) is 0 Å². The highest BCUT2D eigenvalue weighted by Gasteiger charge is 2.21. The standard InChI is InChI=1S/C11H20N4O4/c1-11(2,6-16)14-7-8(12)15(4-5-19-3)10(18)13-9(7)17/h14,16H,4-6,12H2,1-3H3,(H,13,17,18). The van der Waals surface area contributed by atoms with Crippen molar-refractivity contribution in [3.05, 3.63) is 20.8 Å². The second-order valence-corrected chi connectivity index (χ2v) is 4.83. The van der Waals surface area contributed by atoms with Crippen molar-refractivity contribution in [1.82, 2.24) is 9.55 Å². The average molecular weight is 272 g/mol. The van der Waals surface area contributed by atoms with Gasteiger partial charge in [-0.15, -0.1) is 0 Å². The SMILES string of the molecule is COCCn1c(N)c(NC(C)(C)CO)c(=O)[nH]c1=O. The Morgan fingerprint density at radius 2 is 2.11 bits per heavy atom. The fourth-order valence-corrected chi connectivity index (χ4v) is 1.49. The molecule has 1 aromatic rings. The van der Waals surface area contributed by atoms with Gasteiger partial charge in [-0.2, -0.15) is 0 Å². The number of rotatable bonds is 6. The molecule has 0 saturated heterocycles. The predicted molar refractivity (Wildman–Crippen MR) is 72.4 cm³/mol. The number of anilines is 2. The van der Waals surface area contributed by atoms with E-state index < -0.39 is 16.8 Å². The van der Waals surface area contributed by atoms with Gasteiger partial charge in [0.05, 0.1) is 25.3 Å². The number of hydrogen-bond donors (Lipinski definition) is 4. The summed E-state index contributed by atoms with van der Waals surface area (Å²) >= 11 is 0. The molecule has 19 heavy (non-hydrogen) atoms. The Morgan fingerprint density at radius 1 is 1.47 bits per heavy atom. The monoisotopic (exact) mass is 272 g/mol. The first-order chi connectivity index (χ1) is 8.82. The average Bonchev–Trinajstić information content (AvgIpc) is 2.34. The Bertz CT molecular complexity index is 547. The highest BCUT2D eigenvalue weighted by molar-refractivity contribution is 5.61. The molecular weight excluding hydrogens is 252 g/mol. The quantitative estimate of drug-likeness (QED) is 0.524. The molecule has 1 aromatic heterocycles. The van der Waals surface area contributed by atoms with Gasteiger partial charge in [0.2, 0.25) is 0 Å². The molecule has 1 heterocycles. The van der Waals surface area contributed by atoms with E-state index in [9.17, 15) is 14.7 Å². The number of aliphatic hydroxyl groups excluding tert-OH is 1. The maximum absolute atomic E-state index is 11.8. The van der Waals surface area contributed by atoms with Crippen molar-refractivity contribution >= 4 is 11.5 Å². The van der Waals surface area contributed by atoms with E-state index in [1.54, 1.807) is 13.8 Å². The molecule has 1 rings (SSSR count). The molecule has 8 heteroatoms. The van der Waals surface area contributed by atoms with Gasteiger partial charge >= 0.3 is 5.69 Å². The molecule has 0 saturated carbocycles. The lowest BCUT2D eigenvalue weighted by atomic mass is 10.1. The van der Waals surface area contributed by atoms with Crippen LogP contribution in [-0.2, 0) is 11.3 Å². The van der Waals surface area contributed by atoms with Crippen molar-refractivity contribution in [3.8, 4) is 0 Å². The van der Waals surface area contributed by atoms with Crippen LogP contribution in [0.3, 0.4) is 0 Å². The smallest absolute Gasteiger partial charge is 0.330 e. The first-order valence-electron chi connectivity index (χ1n) is 5.83. The summed E-state index contributed by atoms with van der Waals surface area (Å²) in [6.07, 6.45) is 0. The summed E-state index contributed by atoms with van der Waals surface area (Å²) in [6, 6.07) is 0. The molecule has 0 unspecified atom stereocenters. The van der Waals surface area contributed by atoms with Gasteiger partial charge in [-0.1, -0.05) is 0 Å². The van der Waals surface area contributed by atoms with Crippen LogP contribution in [0.25, 0.3) is 0 Å². The molecular formula is C11H20N4O4. The number of nitrogens with two attached hydrogens (primary N) is 1. The second kappa shape index (κ2) is 5.89. The summed E-state index contributed by atoms with van der Waals surface area (Å²) in [5.41, 5.74) is 3.96. The summed E-state index contributed by atoms with van der Waals surface area (Å²) in [4.78, 5) is 25.6. The van der Waals surface area contributed by atoms with E-state index in [0.717, 1.165) is 0 Å². The van der Waals surface area contributed by atoms with Crippen molar-refractivity contribution in [2.75, 3.05) is 31.4 Å². The minimum Gasteiger partial charge on any atom is -0.394 e. The zero-order chi connectivity index (χ0) is 14.6. The Balaban J connectivity index is 3.25. The van der Waals surface area contributed by atoms with Crippen LogP contribution >= 0.6 is 0 Å². The number of ether oxygens (including phenoxy) is 1. The highest BCUT2D eigenvalue weighted by Crippen LogP contribution is 2.16. The largest absolute Gasteiger partial charge is 0.394 e. The van der Waals surface area contributed by atoms with Gasteiger partial charge in [-0.05, 0) is 13.8 Å². The molecule has 5 N–H and O–H groups in total. The summed E-state index contributed by atoms with van der Waals surface area (Å²) < 4.78 is 6.09. The molecule has 0 amide bonds. The number of aliphatic hydroxyl groups is 1. The topological polar surface area (TPSA) is 122 Å². The molecule has 0 aliphatic heterocycles. The van der Waals surface area contributed by atoms with Gasteiger partial charge in [0.25, 0.3) is 5.56 Å². The van der Waals surface area contributed by atoms with E-state index in [1.807, 2.05) is 0 Å². The lowest BCUT2D eigenvalue weighted by molar-refractivity contribution is 0.186. The van der Waals surface area contributed by atoms with Crippen LogP contribution in [0.1, 0.15) is 13.8 Å². The Labute approximate surface area is 110 Å². The first kappa shape index (κ1) is 15.3. The normalized spacial score (nSPS) is 11.6. The van der Waals surface area contributed by atoms with Gasteiger partial charge in [0.15, 0.2) is 0 Å². The van der Waals surface area contributed by atoms with E-state index >= 15 is 0 Å². The van der Waals surface area contributed by atoms with Gasteiger partial charge in [-0.25, -0.2) is 4.79 Å². The Hall–Kier alpha value is -1.80. The van der Waals surface area contributed by atoms with Gasteiger partial charge in [0, 0.05) is 7.11 Å². The minimum atomic E-state index is -0.732. The zero-order valence-electron chi connectivity index (χ0n) is 11.3. The number of H-pyrrole nitrogens is 1. The number of nitrogens with zero attached hydrogens (tertiary/aromatic N) is 1. The highest BCUT2D eigenvalue weighted by atomic mass is 16.5. The Morgan fingerprint density at radius 3 is 2.63 bits per heavy atom. The molecule has 8 nitrogen and oxygen atoms in total. The van der Waals surface area contributed by atoms with Crippen LogP contribution in [0.5, 0.6) is 0 Å². The fraction of sp³-hybridized carbons (Fsp3) is 0.636. The van der Waals surface area contributed by atoms with Crippen LogP contribution in [0.15, 0.2) is 9.59 Å². The third kappa shape index (κ3) is 3.58. The summed E-state index contributed by atoms with van der Waals surface area (Å²) in [5.74, 6) is 0.0207.